The van der Waals surface area contributed by atoms with Crippen LogP contribution in [0.4, 0.5) is 11.4 Å². The van der Waals surface area contributed by atoms with Gasteiger partial charge >= 0.3 is 0 Å². The zero-order chi connectivity index (χ0) is 12.1. The van der Waals surface area contributed by atoms with E-state index >= 15 is 0 Å². The maximum absolute atomic E-state index is 5.89. The predicted octanol–water partition coefficient (Wildman–Crippen LogP) is 2.26. The van der Waals surface area contributed by atoms with Gasteiger partial charge < -0.3 is 20.5 Å². The molecule has 1 aliphatic heterocycles. The van der Waals surface area contributed by atoms with E-state index in [-0.39, 0.29) is 0 Å². The van der Waals surface area contributed by atoms with Crippen molar-refractivity contribution < 1.29 is 9.47 Å². The standard InChI is InChI=1S/C13H20N2O2/c1-16-11-4-5-12(14)13(9-11)15-7-6-10-3-2-8-17-10/h4-5,9-10,15H,2-3,6-8,14H2,1H3. The Hall–Kier alpha value is -1.42. The Morgan fingerprint density at radius 1 is 1.53 bits per heavy atom. The van der Waals surface area contributed by atoms with E-state index in [1.54, 1.807) is 7.11 Å². The lowest BCUT2D eigenvalue weighted by molar-refractivity contribution is 0.107. The van der Waals surface area contributed by atoms with Gasteiger partial charge in [0.1, 0.15) is 5.75 Å². The fraction of sp³-hybridized carbons (Fsp3) is 0.538. The number of ether oxygens (including phenoxy) is 2. The summed E-state index contributed by atoms with van der Waals surface area (Å²) in [5, 5.41) is 3.33. The third-order valence-corrected chi connectivity index (χ3v) is 3.07. The number of nitrogen functional groups attached to an aromatic ring is 1. The van der Waals surface area contributed by atoms with Gasteiger partial charge in [-0.05, 0) is 31.4 Å². The lowest BCUT2D eigenvalue weighted by Crippen LogP contribution is -2.13. The van der Waals surface area contributed by atoms with E-state index in [1.165, 1.54) is 12.8 Å². The van der Waals surface area contributed by atoms with Gasteiger partial charge in [0.2, 0.25) is 0 Å². The fourth-order valence-corrected chi connectivity index (χ4v) is 2.06. The molecule has 17 heavy (non-hydrogen) atoms. The number of nitrogens with two attached hydrogens (primary N) is 1. The van der Waals surface area contributed by atoms with Gasteiger partial charge in [0.15, 0.2) is 0 Å². The minimum absolute atomic E-state index is 0.411. The smallest absolute Gasteiger partial charge is 0.121 e. The molecule has 0 aliphatic carbocycles. The van der Waals surface area contributed by atoms with Crippen LogP contribution in [-0.2, 0) is 4.74 Å². The Bertz CT molecular complexity index is 362. The van der Waals surface area contributed by atoms with Crippen molar-refractivity contribution in [2.24, 2.45) is 0 Å². The summed E-state index contributed by atoms with van der Waals surface area (Å²) < 4.78 is 10.7. The molecule has 1 heterocycles. The SMILES string of the molecule is COc1ccc(N)c(NCCC2CCCO2)c1. The molecule has 2 rings (SSSR count). The minimum Gasteiger partial charge on any atom is -0.497 e. The van der Waals surface area contributed by atoms with Crippen LogP contribution in [0.5, 0.6) is 5.75 Å². The van der Waals surface area contributed by atoms with E-state index in [0.29, 0.717) is 6.10 Å². The first-order chi connectivity index (χ1) is 8.29. The lowest BCUT2D eigenvalue weighted by atomic mass is 10.2. The summed E-state index contributed by atoms with van der Waals surface area (Å²) in [5.74, 6) is 0.818. The van der Waals surface area contributed by atoms with Gasteiger partial charge in [0.25, 0.3) is 0 Å². The summed E-state index contributed by atoms with van der Waals surface area (Å²) >= 11 is 0. The Morgan fingerprint density at radius 3 is 3.12 bits per heavy atom. The molecule has 0 saturated carbocycles. The Morgan fingerprint density at radius 2 is 2.41 bits per heavy atom. The number of anilines is 2. The molecule has 1 aromatic rings. The Kier molecular flexibility index (Phi) is 4.09. The Balaban J connectivity index is 1.84. The first-order valence-corrected chi connectivity index (χ1v) is 6.08. The van der Waals surface area contributed by atoms with Gasteiger partial charge in [0.05, 0.1) is 24.6 Å². The van der Waals surface area contributed by atoms with Crippen LogP contribution in [0.3, 0.4) is 0 Å². The zero-order valence-corrected chi connectivity index (χ0v) is 10.2. The van der Waals surface area contributed by atoms with Crippen LogP contribution in [-0.4, -0.2) is 26.4 Å². The number of rotatable bonds is 5. The second-order valence-electron chi connectivity index (χ2n) is 4.30. The predicted molar refractivity (Wildman–Crippen MR) is 69.5 cm³/mol. The summed E-state index contributed by atoms with van der Waals surface area (Å²) in [4.78, 5) is 0. The van der Waals surface area contributed by atoms with Gasteiger partial charge in [-0.25, -0.2) is 0 Å². The molecule has 0 amide bonds. The minimum atomic E-state index is 0.411. The molecule has 3 N–H and O–H groups in total. The molecule has 1 aromatic carbocycles. The molecule has 1 aliphatic rings. The molecule has 0 radical (unpaired) electrons. The Labute approximate surface area is 102 Å². The number of methoxy groups -OCH3 is 1. The van der Waals surface area contributed by atoms with Crippen LogP contribution >= 0.6 is 0 Å². The second kappa shape index (κ2) is 5.77. The zero-order valence-electron chi connectivity index (χ0n) is 10.2. The second-order valence-corrected chi connectivity index (χ2v) is 4.30. The van der Waals surface area contributed by atoms with Crippen molar-refractivity contribution >= 4 is 11.4 Å². The number of benzene rings is 1. The van der Waals surface area contributed by atoms with Gasteiger partial charge in [-0.15, -0.1) is 0 Å². The maximum atomic E-state index is 5.89. The third kappa shape index (κ3) is 3.27. The summed E-state index contributed by atoms with van der Waals surface area (Å²) in [5.41, 5.74) is 7.57. The molecule has 4 nitrogen and oxygen atoms in total. The molecule has 94 valence electrons. The van der Waals surface area contributed by atoms with Crippen molar-refractivity contribution in [2.45, 2.75) is 25.4 Å². The third-order valence-electron chi connectivity index (χ3n) is 3.07. The molecule has 1 fully saturated rings. The summed E-state index contributed by atoms with van der Waals surface area (Å²) in [6.45, 7) is 1.79. The van der Waals surface area contributed by atoms with E-state index in [9.17, 15) is 0 Å². The van der Waals surface area contributed by atoms with Crippen LogP contribution in [0.25, 0.3) is 0 Å². The summed E-state index contributed by atoms with van der Waals surface area (Å²) in [6, 6.07) is 5.64. The molecular weight excluding hydrogens is 216 g/mol. The number of nitrogens with one attached hydrogen (secondary N) is 1. The average Bonchev–Trinajstić information content (AvgIpc) is 2.84. The van der Waals surface area contributed by atoms with Gasteiger partial charge in [-0.1, -0.05) is 0 Å². The van der Waals surface area contributed by atoms with Crippen molar-refractivity contribution in [2.75, 3.05) is 31.3 Å². The highest BCUT2D eigenvalue weighted by Gasteiger charge is 2.14. The monoisotopic (exact) mass is 236 g/mol. The molecule has 0 bridgehead atoms. The van der Waals surface area contributed by atoms with Crippen LogP contribution in [0, 0.1) is 0 Å². The topological polar surface area (TPSA) is 56.5 Å². The normalized spacial score (nSPS) is 19.2. The van der Waals surface area contributed by atoms with E-state index in [0.717, 1.165) is 36.7 Å². The van der Waals surface area contributed by atoms with Crippen LogP contribution in [0.1, 0.15) is 19.3 Å². The first kappa shape index (κ1) is 12.0. The number of hydrogen-bond donors (Lipinski definition) is 2. The highest BCUT2D eigenvalue weighted by molar-refractivity contribution is 5.68. The van der Waals surface area contributed by atoms with Gasteiger partial charge in [-0.2, -0.15) is 0 Å². The molecule has 1 unspecified atom stereocenters. The van der Waals surface area contributed by atoms with Crippen molar-refractivity contribution in [3.63, 3.8) is 0 Å². The van der Waals surface area contributed by atoms with Crippen molar-refractivity contribution in [3.8, 4) is 5.75 Å². The van der Waals surface area contributed by atoms with E-state index in [4.69, 9.17) is 15.2 Å². The molecule has 1 saturated heterocycles. The van der Waals surface area contributed by atoms with Crippen molar-refractivity contribution in [1.82, 2.24) is 0 Å². The molecule has 0 spiro atoms. The summed E-state index contributed by atoms with van der Waals surface area (Å²) in [6.07, 6.45) is 3.80. The highest BCUT2D eigenvalue weighted by atomic mass is 16.5. The van der Waals surface area contributed by atoms with Crippen LogP contribution < -0.4 is 15.8 Å². The van der Waals surface area contributed by atoms with Crippen molar-refractivity contribution in [1.29, 1.82) is 0 Å². The number of hydrogen-bond acceptors (Lipinski definition) is 4. The van der Waals surface area contributed by atoms with Crippen LogP contribution in [0.15, 0.2) is 18.2 Å². The van der Waals surface area contributed by atoms with E-state index in [1.807, 2.05) is 18.2 Å². The first-order valence-electron chi connectivity index (χ1n) is 6.08. The largest absolute Gasteiger partial charge is 0.497 e. The lowest BCUT2D eigenvalue weighted by Gasteiger charge is -2.13. The van der Waals surface area contributed by atoms with Gasteiger partial charge in [0, 0.05) is 19.2 Å². The van der Waals surface area contributed by atoms with E-state index in [2.05, 4.69) is 5.32 Å². The highest BCUT2D eigenvalue weighted by Crippen LogP contribution is 2.24. The quantitative estimate of drug-likeness (QED) is 0.770. The molecule has 4 heteroatoms. The fourth-order valence-electron chi connectivity index (χ4n) is 2.06. The molecule has 0 aromatic heterocycles. The summed E-state index contributed by atoms with van der Waals surface area (Å²) in [7, 11) is 1.65. The van der Waals surface area contributed by atoms with Crippen molar-refractivity contribution in [3.05, 3.63) is 18.2 Å². The molecular formula is C13H20N2O2. The average molecular weight is 236 g/mol. The maximum Gasteiger partial charge on any atom is 0.121 e. The molecule has 1 atom stereocenters. The van der Waals surface area contributed by atoms with Gasteiger partial charge in [-0.3, -0.25) is 0 Å². The van der Waals surface area contributed by atoms with Crippen LogP contribution in [0.2, 0.25) is 0 Å². The van der Waals surface area contributed by atoms with E-state index < -0.39 is 0 Å².